The van der Waals surface area contributed by atoms with Gasteiger partial charge in [-0.15, -0.1) is 11.6 Å². The monoisotopic (exact) mass is 242 g/mol. The highest BCUT2D eigenvalue weighted by atomic mass is 35.5. The van der Waals surface area contributed by atoms with E-state index in [1.54, 1.807) is 0 Å². The molecule has 0 aliphatic carbocycles. The SMILES string of the molecule is Cn1c(CCCCl)nc2cc(Cl)ccc21. The maximum Gasteiger partial charge on any atom is 0.109 e. The average molecular weight is 243 g/mol. The number of hydrogen-bond acceptors (Lipinski definition) is 1. The molecule has 0 spiro atoms. The fraction of sp³-hybridized carbons (Fsp3) is 0.364. The molecule has 0 unspecified atom stereocenters. The molecule has 0 bridgehead atoms. The van der Waals surface area contributed by atoms with Crippen LogP contribution in [-0.4, -0.2) is 15.4 Å². The topological polar surface area (TPSA) is 17.8 Å². The predicted molar refractivity (Wildman–Crippen MR) is 64.8 cm³/mol. The van der Waals surface area contributed by atoms with E-state index in [1.165, 1.54) is 0 Å². The number of aromatic nitrogens is 2. The molecule has 1 aromatic heterocycles. The van der Waals surface area contributed by atoms with Gasteiger partial charge in [0.25, 0.3) is 0 Å². The van der Waals surface area contributed by atoms with Crippen LogP contribution in [0.4, 0.5) is 0 Å². The molecule has 0 radical (unpaired) electrons. The van der Waals surface area contributed by atoms with Crippen LogP contribution in [-0.2, 0) is 13.5 Å². The van der Waals surface area contributed by atoms with Gasteiger partial charge in [-0.3, -0.25) is 0 Å². The standard InChI is InChI=1S/C11H12Cl2N2/c1-15-10-5-4-8(13)7-9(10)14-11(15)3-2-6-12/h4-5,7H,2-3,6H2,1H3. The minimum atomic E-state index is 0.671. The molecule has 0 atom stereocenters. The molecular weight excluding hydrogens is 231 g/mol. The smallest absolute Gasteiger partial charge is 0.109 e. The van der Waals surface area contributed by atoms with Crippen molar-refractivity contribution >= 4 is 34.2 Å². The van der Waals surface area contributed by atoms with Crippen molar-refractivity contribution in [2.75, 3.05) is 5.88 Å². The van der Waals surface area contributed by atoms with Gasteiger partial charge in [0.15, 0.2) is 0 Å². The maximum atomic E-state index is 5.91. The molecule has 1 heterocycles. The van der Waals surface area contributed by atoms with E-state index in [-0.39, 0.29) is 0 Å². The lowest BCUT2D eigenvalue weighted by molar-refractivity contribution is 0.775. The zero-order valence-corrected chi connectivity index (χ0v) is 10.0. The summed E-state index contributed by atoms with van der Waals surface area (Å²) in [6.07, 6.45) is 1.86. The molecule has 15 heavy (non-hydrogen) atoms. The lowest BCUT2D eigenvalue weighted by Gasteiger charge is -1.99. The molecule has 0 saturated heterocycles. The van der Waals surface area contributed by atoms with Crippen molar-refractivity contribution in [1.82, 2.24) is 9.55 Å². The Hall–Kier alpha value is -0.730. The maximum absolute atomic E-state index is 5.91. The second-order valence-corrected chi connectivity index (χ2v) is 4.33. The molecule has 1 aromatic carbocycles. The van der Waals surface area contributed by atoms with Crippen molar-refractivity contribution < 1.29 is 0 Å². The Morgan fingerprint density at radius 3 is 2.93 bits per heavy atom. The number of imidazole rings is 1. The van der Waals surface area contributed by atoms with Crippen LogP contribution in [0.15, 0.2) is 18.2 Å². The third kappa shape index (κ3) is 2.11. The van der Waals surface area contributed by atoms with E-state index in [2.05, 4.69) is 9.55 Å². The molecule has 4 heteroatoms. The van der Waals surface area contributed by atoms with Crippen molar-refractivity contribution in [3.05, 3.63) is 29.0 Å². The van der Waals surface area contributed by atoms with Crippen LogP contribution in [0.2, 0.25) is 5.02 Å². The van der Waals surface area contributed by atoms with Crippen LogP contribution >= 0.6 is 23.2 Å². The summed E-state index contributed by atoms with van der Waals surface area (Å²) < 4.78 is 2.10. The van der Waals surface area contributed by atoms with Gasteiger partial charge in [0, 0.05) is 24.4 Å². The number of fused-ring (bicyclic) bond motifs is 1. The molecular formula is C11H12Cl2N2. The van der Waals surface area contributed by atoms with Gasteiger partial charge >= 0.3 is 0 Å². The minimum absolute atomic E-state index is 0.671. The Labute approximate surface area is 98.8 Å². The van der Waals surface area contributed by atoms with E-state index in [0.717, 1.165) is 34.7 Å². The largest absolute Gasteiger partial charge is 0.331 e. The summed E-state index contributed by atoms with van der Waals surface area (Å²) in [5.41, 5.74) is 2.07. The Bertz CT molecular complexity index is 477. The van der Waals surface area contributed by atoms with E-state index >= 15 is 0 Å². The Balaban J connectivity index is 2.44. The van der Waals surface area contributed by atoms with Gasteiger partial charge in [0.1, 0.15) is 5.82 Å². The first-order valence-corrected chi connectivity index (χ1v) is 5.80. The summed E-state index contributed by atoms with van der Waals surface area (Å²) in [4.78, 5) is 4.53. The minimum Gasteiger partial charge on any atom is -0.331 e. The Morgan fingerprint density at radius 2 is 2.20 bits per heavy atom. The van der Waals surface area contributed by atoms with E-state index in [0.29, 0.717) is 5.88 Å². The van der Waals surface area contributed by atoms with Gasteiger partial charge in [-0.1, -0.05) is 11.6 Å². The molecule has 0 N–H and O–H groups in total. The van der Waals surface area contributed by atoms with E-state index < -0.39 is 0 Å². The van der Waals surface area contributed by atoms with Gasteiger partial charge in [-0.25, -0.2) is 4.98 Å². The summed E-state index contributed by atoms with van der Waals surface area (Å²) in [7, 11) is 2.02. The number of nitrogens with zero attached hydrogens (tertiary/aromatic N) is 2. The second-order valence-electron chi connectivity index (χ2n) is 3.51. The number of benzene rings is 1. The summed E-state index contributed by atoms with van der Waals surface area (Å²) in [6, 6.07) is 5.77. The van der Waals surface area contributed by atoms with Crippen LogP contribution in [0.3, 0.4) is 0 Å². The van der Waals surface area contributed by atoms with Crippen LogP contribution in [0, 0.1) is 0 Å². The molecule has 2 nitrogen and oxygen atoms in total. The highest BCUT2D eigenvalue weighted by Gasteiger charge is 2.07. The van der Waals surface area contributed by atoms with E-state index in [1.807, 2.05) is 25.2 Å². The van der Waals surface area contributed by atoms with Crippen molar-refractivity contribution in [3.63, 3.8) is 0 Å². The molecule has 0 saturated carbocycles. The molecule has 0 amide bonds. The molecule has 2 rings (SSSR count). The molecule has 0 fully saturated rings. The number of aryl methyl sites for hydroxylation is 2. The third-order valence-electron chi connectivity index (χ3n) is 2.47. The highest BCUT2D eigenvalue weighted by Crippen LogP contribution is 2.20. The zero-order valence-electron chi connectivity index (χ0n) is 8.50. The van der Waals surface area contributed by atoms with Crippen LogP contribution < -0.4 is 0 Å². The molecule has 80 valence electrons. The lowest BCUT2D eigenvalue weighted by atomic mass is 10.3. The van der Waals surface area contributed by atoms with Gasteiger partial charge in [0.05, 0.1) is 11.0 Å². The summed E-state index contributed by atoms with van der Waals surface area (Å²) >= 11 is 11.6. The summed E-state index contributed by atoms with van der Waals surface area (Å²) in [5, 5.41) is 0.726. The van der Waals surface area contributed by atoms with Gasteiger partial charge in [-0.05, 0) is 24.6 Å². The Kier molecular flexibility index (Phi) is 3.17. The van der Waals surface area contributed by atoms with Crippen LogP contribution in [0.5, 0.6) is 0 Å². The highest BCUT2D eigenvalue weighted by molar-refractivity contribution is 6.31. The first-order chi connectivity index (χ1) is 7.22. The quantitative estimate of drug-likeness (QED) is 0.755. The fourth-order valence-corrected chi connectivity index (χ4v) is 1.97. The van der Waals surface area contributed by atoms with Crippen molar-refractivity contribution in [2.45, 2.75) is 12.8 Å². The van der Waals surface area contributed by atoms with Crippen molar-refractivity contribution in [2.24, 2.45) is 7.05 Å². The van der Waals surface area contributed by atoms with E-state index in [9.17, 15) is 0 Å². The Morgan fingerprint density at radius 1 is 1.40 bits per heavy atom. The lowest BCUT2D eigenvalue weighted by Crippen LogP contribution is -1.98. The normalized spacial score (nSPS) is 11.1. The number of hydrogen-bond donors (Lipinski definition) is 0. The van der Waals surface area contributed by atoms with Crippen LogP contribution in [0.25, 0.3) is 11.0 Å². The van der Waals surface area contributed by atoms with Crippen molar-refractivity contribution in [1.29, 1.82) is 0 Å². The number of halogens is 2. The van der Waals surface area contributed by atoms with Crippen LogP contribution in [0.1, 0.15) is 12.2 Å². The summed E-state index contributed by atoms with van der Waals surface area (Å²) in [6.45, 7) is 0. The van der Waals surface area contributed by atoms with Gasteiger partial charge < -0.3 is 4.57 Å². The summed E-state index contributed by atoms with van der Waals surface area (Å²) in [5.74, 6) is 1.73. The fourth-order valence-electron chi connectivity index (χ4n) is 1.67. The van der Waals surface area contributed by atoms with Gasteiger partial charge in [-0.2, -0.15) is 0 Å². The van der Waals surface area contributed by atoms with Gasteiger partial charge in [0.2, 0.25) is 0 Å². The predicted octanol–water partition coefficient (Wildman–Crippen LogP) is 3.40. The number of rotatable bonds is 3. The first kappa shape index (κ1) is 10.8. The first-order valence-electron chi connectivity index (χ1n) is 4.89. The average Bonchev–Trinajstić information content (AvgIpc) is 2.52. The zero-order chi connectivity index (χ0) is 10.8. The molecule has 2 aromatic rings. The second kappa shape index (κ2) is 4.42. The van der Waals surface area contributed by atoms with E-state index in [4.69, 9.17) is 23.2 Å². The molecule has 0 aliphatic rings. The number of alkyl halides is 1. The molecule has 0 aliphatic heterocycles. The van der Waals surface area contributed by atoms with Crippen molar-refractivity contribution in [3.8, 4) is 0 Å². The third-order valence-corrected chi connectivity index (χ3v) is 2.97.